The van der Waals surface area contributed by atoms with E-state index in [0.717, 1.165) is 17.7 Å². The molecular formula is C22H25NO6. The van der Waals surface area contributed by atoms with Gasteiger partial charge < -0.3 is 23.8 Å². The lowest BCUT2D eigenvalue weighted by molar-refractivity contribution is -0.114. The molecule has 0 fully saturated rings. The quantitative estimate of drug-likeness (QED) is 0.475. The van der Waals surface area contributed by atoms with Crippen molar-refractivity contribution in [1.82, 2.24) is 0 Å². The summed E-state index contributed by atoms with van der Waals surface area (Å²) in [5, 5.41) is 0. The number of fused-ring (bicyclic) bond motifs is 1. The smallest absolute Gasteiger partial charge is 0.299 e. The Morgan fingerprint density at radius 3 is 2.34 bits per heavy atom. The maximum Gasteiger partial charge on any atom is 0.299 e. The molecule has 0 radical (unpaired) electrons. The van der Waals surface area contributed by atoms with Crippen molar-refractivity contribution < 1.29 is 28.5 Å². The molecule has 0 bridgehead atoms. The number of carbonyl (C=O) groups is 2. The number of anilines is 1. The van der Waals surface area contributed by atoms with Gasteiger partial charge in [0.2, 0.25) is 5.75 Å². The number of methoxy groups -OCH3 is 3. The normalized spacial score (nSPS) is 12.8. The first-order chi connectivity index (χ1) is 14.0. The Hall–Kier alpha value is -3.22. The van der Waals surface area contributed by atoms with Crippen LogP contribution < -0.4 is 23.8 Å². The number of Topliss-reactive ketones (excluding diaryl/α,β-unsaturated/α-hetero) is 1. The van der Waals surface area contributed by atoms with Gasteiger partial charge in [0, 0.05) is 12.6 Å². The van der Waals surface area contributed by atoms with Gasteiger partial charge in [0.05, 0.1) is 39.2 Å². The largest absolute Gasteiger partial charge is 0.494 e. The minimum atomic E-state index is -0.603. The zero-order valence-corrected chi connectivity index (χ0v) is 17.1. The molecule has 7 nitrogen and oxygen atoms in total. The summed E-state index contributed by atoms with van der Waals surface area (Å²) in [6, 6.07) is 9.49. The topological polar surface area (TPSA) is 74.3 Å². The second kappa shape index (κ2) is 8.86. The maximum atomic E-state index is 12.6. The van der Waals surface area contributed by atoms with Gasteiger partial charge in [-0.2, -0.15) is 0 Å². The number of nitrogens with zero attached hydrogens (tertiary/aromatic N) is 1. The van der Waals surface area contributed by atoms with Gasteiger partial charge in [-0.3, -0.25) is 9.59 Å². The van der Waals surface area contributed by atoms with E-state index in [-0.39, 0.29) is 11.3 Å². The van der Waals surface area contributed by atoms with Gasteiger partial charge in [0.15, 0.2) is 11.5 Å². The molecule has 3 rings (SSSR count). The van der Waals surface area contributed by atoms with E-state index in [1.807, 2.05) is 31.2 Å². The fourth-order valence-electron chi connectivity index (χ4n) is 3.40. The Labute approximate surface area is 170 Å². The molecule has 1 aliphatic heterocycles. The third-order valence-electron chi connectivity index (χ3n) is 4.80. The molecule has 1 heterocycles. The molecule has 29 heavy (non-hydrogen) atoms. The number of hydrogen-bond acceptors (Lipinski definition) is 6. The summed E-state index contributed by atoms with van der Waals surface area (Å²) in [6.07, 6.45) is 1.42. The van der Waals surface area contributed by atoms with E-state index in [0.29, 0.717) is 36.8 Å². The molecule has 0 aliphatic carbocycles. The summed E-state index contributed by atoms with van der Waals surface area (Å²) < 4.78 is 21.8. The van der Waals surface area contributed by atoms with Crippen LogP contribution in [0.5, 0.6) is 23.0 Å². The minimum absolute atomic E-state index is 0.213. The average Bonchev–Trinajstić information content (AvgIpc) is 2.96. The van der Waals surface area contributed by atoms with Crippen molar-refractivity contribution >= 4 is 17.4 Å². The number of rotatable bonds is 9. The molecule has 0 unspecified atom stereocenters. The van der Waals surface area contributed by atoms with Crippen molar-refractivity contribution in [2.45, 2.75) is 19.8 Å². The van der Waals surface area contributed by atoms with E-state index < -0.39 is 11.7 Å². The Morgan fingerprint density at radius 2 is 1.69 bits per heavy atom. The molecule has 7 heteroatoms. The van der Waals surface area contributed by atoms with E-state index in [2.05, 4.69) is 0 Å². The van der Waals surface area contributed by atoms with Gasteiger partial charge in [-0.05, 0) is 37.5 Å². The van der Waals surface area contributed by atoms with Gasteiger partial charge in [-0.25, -0.2) is 0 Å². The first-order valence-electron chi connectivity index (χ1n) is 9.40. The molecule has 1 amide bonds. The highest BCUT2D eigenvalue weighted by molar-refractivity contribution is 6.53. The van der Waals surface area contributed by atoms with Crippen LogP contribution in [0.25, 0.3) is 0 Å². The van der Waals surface area contributed by atoms with Crippen LogP contribution in [-0.4, -0.2) is 46.2 Å². The Morgan fingerprint density at radius 1 is 0.931 bits per heavy atom. The van der Waals surface area contributed by atoms with Gasteiger partial charge in [0.25, 0.3) is 11.7 Å². The summed E-state index contributed by atoms with van der Waals surface area (Å²) in [5.74, 6) is 0.554. The number of ether oxygens (including phenoxy) is 4. The zero-order chi connectivity index (χ0) is 21.0. The van der Waals surface area contributed by atoms with Crippen LogP contribution in [0.4, 0.5) is 5.69 Å². The van der Waals surface area contributed by atoms with Gasteiger partial charge in [-0.1, -0.05) is 12.1 Å². The number of ketones is 1. The Kier molecular flexibility index (Phi) is 6.26. The average molecular weight is 399 g/mol. The molecule has 0 spiro atoms. The third kappa shape index (κ3) is 3.99. The van der Waals surface area contributed by atoms with E-state index in [1.54, 1.807) is 6.07 Å². The lowest BCUT2D eigenvalue weighted by Gasteiger charge is -2.19. The van der Waals surface area contributed by atoms with Gasteiger partial charge in [-0.15, -0.1) is 0 Å². The zero-order valence-electron chi connectivity index (χ0n) is 17.1. The second-order valence-electron chi connectivity index (χ2n) is 6.70. The van der Waals surface area contributed by atoms with Crippen molar-refractivity contribution in [3.8, 4) is 23.0 Å². The first kappa shape index (κ1) is 20.5. The molecule has 1 aliphatic rings. The Balaban J connectivity index is 1.70. The molecule has 0 atom stereocenters. The monoisotopic (exact) mass is 399 g/mol. The minimum Gasteiger partial charge on any atom is -0.494 e. The van der Waals surface area contributed by atoms with Crippen molar-refractivity contribution in [3.05, 3.63) is 41.5 Å². The van der Waals surface area contributed by atoms with Crippen molar-refractivity contribution in [2.24, 2.45) is 0 Å². The fraction of sp³-hybridized carbons (Fsp3) is 0.364. The third-order valence-corrected chi connectivity index (χ3v) is 4.80. The van der Waals surface area contributed by atoms with Crippen LogP contribution in [-0.2, 0) is 4.79 Å². The van der Waals surface area contributed by atoms with Gasteiger partial charge in [0.1, 0.15) is 5.75 Å². The van der Waals surface area contributed by atoms with Crippen LogP contribution >= 0.6 is 0 Å². The lowest BCUT2D eigenvalue weighted by atomic mass is 10.1. The van der Waals surface area contributed by atoms with E-state index in [1.165, 1.54) is 26.2 Å². The number of hydrogen-bond donors (Lipinski definition) is 0. The fourth-order valence-corrected chi connectivity index (χ4v) is 3.40. The van der Waals surface area contributed by atoms with Crippen LogP contribution in [0.2, 0.25) is 0 Å². The molecule has 0 aromatic heterocycles. The highest BCUT2D eigenvalue weighted by Crippen LogP contribution is 2.48. The standard InChI is InChI=1S/C22H25NO6/c1-14-8-7-9-15(12-14)29-11-6-5-10-23-16-13-17(26-2)20(27-3)21(28-4)18(16)19(24)22(23)25/h7-9,12-13H,5-6,10-11H2,1-4H3. The second-order valence-corrected chi connectivity index (χ2v) is 6.70. The summed E-state index contributed by atoms with van der Waals surface area (Å²) in [4.78, 5) is 26.6. The van der Waals surface area contributed by atoms with Gasteiger partial charge >= 0.3 is 0 Å². The molecule has 0 N–H and O–H groups in total. The lowest BCUT2D eigenvalue weighted by Crippen LogP contribution is -2.30. The van der Waals surface area contributed by atoms with Crippen LogP contribution in [0.1, 0.15) is 28.8 Å². The molecule has 154 valence electrons. The van der Waals surface area contributed by atoms with Crippen LogP contribution in [0.3, 0.4) is 0 Å². The number of carbonyl (C=O) groups excluding carboxylic acids is 2. The summed E-state index contributed by atoms with van der Waals surface area (Å²) in [7, 11) is 4.38. The summed E-state index contributed by atoms with van der Waals surface area (Å²) in [5.41, 5.74) is 1.83. The van der Waals surface area contributed by atoms with E-state index >= 15 is 0 Å². The van der Waals surface area contributed by atoms with Crippen LogP contribution in [0, 0.1) is 6.92 Å². The number of benzene rings is 2. The molecule has 0 saturated carbocycles. The molecule has 0 saturated heterocycles. The molecule has 2 aromatic rings. The van der Waals surface area contributed by atoms with Crippen molar-refractivity contribution in [1.29, 1.82) is 0 Å². The predicted molar refractivity (Wildman–Crippen MR) is 109 cm³/mol. The van der Waals surface area contributed by atoms with E-state index in [4.69, 9.17) is 18.9 Å². The summed E-state index contributed by atoms with van der Waals surface area (Å²) in [6.45, 7) is 2.94. The molecule has 2 aromatic carbocycles. The maximum absolute atomic E-state index is 12.6. The number of aryl methyl sites for hydroxylation is 1. The SMILES string of the molecule is COc1cc2c(c(OC)c1OC)C(=O)C(=O)N2CCCCOc1cccc(C)c1. The Bertz CT molecular complexity index is 924. The predicted octanol–water partition coefficient (Wildman–Crippen LogP) is 3.41. The summed E-state index contributed by atoms with van der Waals surface area (Å²) >= 11 is 0. The van der Waals surface area contributed by atoms with Crippen molar-refractivity contribution in [2.75, 3.05) is 39.4 Å². The van der Waals surface area contributed by atoms with Crippen LogP contribution in [0.15, 0.2) is 30.3 Å². The highest BCUT2D eigenvalue weighted by atomic mass is 16.5. The first-order valence-corrected chi connectivity index (χ1v) is 9.40. The highest BCUT2D eigenvalue weighted by Gasteiger charge is 2.40. The van der Waals surface area contributed by atoms with Crippen molar-refractivity contribution in [3.63, 3.8) is 0 Å². The number of amides is 1. The van der Waals surface area contributed by atoms with E-state index in [9.17, 15) is 9.59 Å². The molecular weight excluding hydrogens is 374 g/mol. The number of unbranched alkanes of at least 4 members (excludes halogenated alkanes) is 1.